The van der Waals surface area contributed by atoms with Crippen molar-refractivity contribution in [3.63, 3.8) is 0 Å². The summed E-state index contributed by atoms with van der Waals surface area (Å²) in [7, 11) is -3.83. The number of carbonyl (C=O) groups excluding carboxylic acids is 1. The van der Waals surface area contributed by atoms with Gasteiger partial charge in [-0.15, -0.1) is 0 Å². The van der Waals surface area contributed by atoms with Crippen molar-refractivity contribution < 1.29 is 17.6 Å². The monoisotopic (exact) mass is 464 g/mol. The predicted molar refractivity (Wildman–Crippen MR) is 127 cm³/mol. The lowest BCUT2D eigenvalue weighted by molar-refractivity contribution is -0.115. The first-order chi connectivity index (χ1) is 15.6. The molecule has 4 aromatic rings. The van der Waals surface area contributed by atoms with Crippen LogP contribution in [0.4, 0.5) is 11.5 Å². The molecule has 8 nitrogen and oxygen atoms in total. The summed E-state index contributed by atoms with van der Waals surface area (Å²) in [6, 6.07) is 11.5. The van der Waals surface area contributed by atoms with Crippen molar-refractivity contribution in [3.8, 4) is 0 Å². The third kappa shape index (κ3) is 5.04. The lowest BCUT2D eigenvalue weighted by Gasteiger charge is -2.10. The van der Waals surface area contributed by atoms with Gasteiger partial charge in [0.1, 0.15) is 17.2 Å². The number of sulfonamides is 1. The molecule has 33 heavy (non-hydrogen) atoms. The molecule has 2 aromatic heterocycles. The molecular weight excluding hydrogens is 440 g/mol. The Balaban J connectivity index is 1.45. The molecule has 170 valence electrons. The first-order valence-electron chi connectivity index (χ1n) is 10.3. The molecule has 0 saturated heterocycles. The van der Waals surface area contributed by atoms with Gasteiger partial charge in [0.2, 0.25) is 5.91 Å². The van der Waals surface area contributed by atoms with E-state index in [0.717, 1.165) is 27.7 Å². The van der Waals surface area contributed by atoms with Crippen LogP contribution in [0, 0.1) is 27.7 Å². The Labute approximate surface area is 192 Å². The maximum atomic E-state index is 12.7. The van der Waals surface area contributed by atoms with E-state index in [1.165, 1.54) is 12.1 Å². The van der Waals surface area contributed by atoms with Gasteiger partial charge in [0.15, 0.2) is 0 Å². The maximum Gasteiger partial charge on any atom is 0.263 e. The van der Waals surface area contributed by atoms with Crippen LogP contribution in [-0.4, -0.2) is 24.3 Å². The van der Waals surface area contributed by atoms with Crippen LogP contribution in [0.25, 0.3) is 11.0 Å². The van der Waals surface area contributed by atoms with Crippen LogP contribution in [0.2, 0.25) is 0 Å². The normalized spacial score (nSPS) is 11.5. The van der Waals surface area contributed by atoms with E-state index in [4.69, 9.17) is 4.42 Å². The van der Waals surface area contributed by atoms with Crippen LogP contribution in [0.3, 0.4) is 0 Å². The number of aromatic nitrogens is 2. The highest BCUT2D eigenvalue weighted by molar-refractivity contribution is 7.92. The Morgan fingerprint density at radius 2 is 1.73 bits per heavy atom. The number of carbonyl (C=O) groups is 1. The molecule has 0 unspecified atom stereocenters. The Morgan fingerprint density at radius 3 is 2.42 bits per heavy atom. The summed E-state index contributed by atoms with van der Waals surface area (Å²) in [5, 5.41) is 3.75. The Kier molecular flexibility index (Phi) is 5.90. The van der Waals surface area contributed by atoms with Crippen molar-refractivity contribution in [1.29, 1.82) is 0 Å². The van der Waals surface area contributed by atoms with Crippen LogP contribution in [0.5, 0.6) is 0 Å². The van der Waals surface area contributed by atoms with Crippen LogP contribution in [-0.2, 0) is 21.2 Å². The molecule has 0 fully saturated rings. The summed E-state index contributed by atoms with van der Waals surface area (Å²) >= 11 is 0. The highest BCUT2D eigenvalue weighted by Crippen LogP contribution is 2.27. The Bertz CT molecular complexity index is 1440. The van der Waals surface area contributed by atoms with Gasteiger partial charge in [-0.3, -0.25) is 9.52 Å². The Hall–Kier alpha value is -3.72. The minimum Gasteiger partial charge on any atom is -0.464 e. The third-order valence-corrected chi connectivity index (χ3v) is 6.47. The van der Waals surface area contributed by atoms with E-state index >= 15 is 0 Å². The van der Waals surface area contributed by atoms with E-state index < -0.39 is 10.0 Å². The second-order valence-corrected chi connectivity index (χ2v) is 9.69. The van der Waals surface area contributed by atoms with E-state index in [-0.39, 0.29) is 23.0 Å². The number of rotatable bonds is 6. The van der Waals surface area contributed by atoms with Crippen LogP contribution >= 0.6 is 0 Å². The van der Waals surface area contributed by atoms with Crippen molar-refractivity contribution in [2.24, 2.45) is 0 Å². The number of hydrogen-bond donors (Lipinski definition) is 2. The molecule has 0 atom stereocenters. The lowest BCUT2D eigenvalue weighted by Crippen LogP contribution is -2.16. The van der Waals surface area contributed by atoms with Gasteiger partial charge in [-0.2, -0.15) is 0 Å². The molecule has 0 bridgehead atoms. The average molecular weight is 465 g/mol. The average Bonchev–Trinajstić information content (AvgIpc) is 3.09. The van der Waals surface area contributed by atoms with Crippen molar-refractivity contribution in [3.05, 3.63) is 76.9 Å². The third-order valence-electron chi connectivity index (χ3n) is 5.10. The smallest absolute Gasteiger partial charge is 0.263 e. The van der Waals surface area contributed by atoms with Gasteiger partial charge in [-0.25, -0.2) is 18.4 Å². The molecule has 0 spiro atoms. The van der Waals surface area contributed by atoms with E-state index in [9.17, 15) is 13.2 Å². The van der Waals surface area contributed by atoms with Crippen molar-refractivity contribution in [2.75, 3.05) is 10.0 Å². The number of nitrogens with zero attached hydrogens (tertiary/aromatic N) is 2. The second kappa shape index (κ2) is 8.67. The predicted octanol–water partition coefficient (Wildman–Crippen LogP) is 4.44. The van der Waals surface area contributed by atoms with Crippen molar-refractivity contribution >= 4 is 38.4 Å². The van der Waals surface area contributed by atoms with E-state index in [0.29, 0.717) is 17.2 Å². The number of furan rings is 1. The highest BCUT2D eigenvalue weighted by Gasteiger charge is 2.17. The molecule has 0 saturated carbocycles. The number of fused-ring (bicyclic) bond motifs is 1. The molecule has 2 N–H and O–H groups in total. The first kappa shape index (κ1) is 22.5. The summed E-state index contributed by atoms with van der Waals surface area (Å²) in [6.07, 6.45) is 1.75. The molecule has 0 aliphatic carbocycles. The summed E-state index contributed by atoms with van der Waals surface area (Å²) in [4.78, 5) is 20.9. The van der Waals surface area contributed by atoms with Crippen LogP contribution in [0.1, 0.15) is 28.2 Å². The van der Waals surface area contributed by atoms with E-state index in [2.05, 4.69) is 26.1 Å². The maximum absolute atomic E-state index is 12.7. The number of hydrogen-bond acceptors (Lipinski definition) is 6. The molecule has 0 radical (unpaired) electrons. The summed E-state index contributed by atoms with van der Waals surface area (Å²) < 4.78 is 33.4. The quantitative estimate of drug-likeness (QED) is 0.436. The number of nitrogens with one attached hydrogen (secondary N) is 2. The molecule has 1 amide bonds. The fourth-order valence-corrected chi connectivity index (χ4v) is 4.81. The molecule has 4 rings (SSSR count). The number of benzene rings is 2. The second-order valence-electron chi connectivity index (χ2n) is 8.01. The topological polar surface area (TPSA) is 114 Å². The minimum atomic E-state index is -3.83. The van der Waals surface area contributed by atoms with E-state index in [1.54, 1.807) is 38.3 Å². The molecule has 0 aliphatic rings. The zero-order chi connectivity index (χ0) is 23.8. The fourth-order valence-electron chi connectivity index (χ4n) is 3.82. The number of anilines is 2. The van der Waals surface area contributed by atoms with Gasteiger partial charge < -0.3 is 9.73 Å². The Morgan fingerprint density at radius 1 is 1.00 bits per heavy atom. The van der Waals surface area contributed by atoms with Gasteiger partial charge in [-0.05, 0) is 69.2 Å². The molecular formula is C24H24N4O4S. The van der Waals surface area contributed by atoms with Crippen molar-refractivity contribution in [1.82, 2.24) is 9.97 Å². The van der Waals surface area contributed by atoms with Gasteiger partial charge in [0.05, 0.1) is 17.6 Å². The lowest BCUT2D eigenvalue weighted by atomic mass is 10.0. The zero-order valence-electron chi connectivity index (χ0n) is 18.8. The molecule has 2 heterocycles. The zero-order valence-corrected chi connectivity index (χ0v) is 19.6. The van der Waals surface area contributed by atoms with Crippen LogP contribution < -0.4 is 10.0 Å². The minimum absolute atomic E-state index is 0.0567. The largest absolute Gasteiger partial charge is 0.464 e. The summed E-state index contributed by atoms with van der Waals surface area (Å²) in [6.45, 7) is 7.44. The fraction of sp³-hybridized carbons (Fsp3) is 0.208. The van der Waals surface area contributed by atoms with Gasteiger partial charge in [0, 0.05) is 28.4 Å². The van der Waals surface area contributed by atoms with Crippen molar-refractivity contribution in [2.45, 2.75) is 39.0 Å². The van der Waals surface area contributed by atoms with Gasteiger partial charge >= 0.3 is 0 Å². The van der Waals surface area contributed by atoms with Gasteiger partial charge in [0.25, 0.3) is 10.0 Å². The summed E-state index contributed by atoms with van der Waals surface area (Å²) in [5.41, 5.74) is 4.87. The van der Waals surface area contributed by atoms with E-state index in [1.807, 2.05) is 19.9 Å². The number of aryl methyl sites for hydroxylation is 4. The molecule has 0 aliphatic heterocycles. The first-order valence-corrected chi connectivity index (χ1v) is 11.8. The molecule has 9 heteroatoms. The SMILES string of the molecule is Cc1cc(C)c2c(CC(=O)Nc3ccc(S(=O)(=O)Nc4cc(C)nc(C)n4)cc3)coc2c1. The number of amides is 1. The van der Waals surface area contributed by atoms with Crippen LogP contribution in [0.15, 0.2) is 58.0 Å². The molecule has 2 aromatic carbocycles. The highest BCUT2D eigenvalue weighted by atomic mass is 32.2. The van der Waals surface area contributed by atoms with Gasteiger partial charge in [-0.1, -0.05) is 6.07 Å². The summed E-state index contributed by atoms with van der Waals surface area (Å²) in [5.74, 6) is 0.454. The standard InChI is InChI=1S/C24H24N4O4S/c1-14-9-15(2)24-18(13-32-21(24)10-14)12-23(29)27-19-5-7-20(8-6-19)33(30,31)28-22-11-16(3)25-17(4)26-22/h5-11,13H,12H2,1-4H3,(H,27,29)(H,25,26,28).